The second-order valence-electron chi connectivity index (χ2n) is 4.51. The predicted molar refractivity (Wildman–Crippen MR) is 51.5 cm³/mol. The van der Waals surface area contributed by atoms with Crippen LogP contribution < -0.4 is 0 Å². The maximum atomic E-state index is 9.39. The summed E-state index contributed by atoms with van der Waals surface area (Å²) in [4.78, 5) is 0. The number of hydrogen-bond acceptors (Lipinski definition) is 2. The van der Waals surface area contributed by atoms with E-state index in [1.54, 1.807) is 0 Å². The van der Waals surface area contributed by atoms with Gasteiger partial charge in [0.25, 0.3) is 0 Å². The monoisotopic (exact) mass is 184 g/mol. The van der Waals surface area contributed by atoms with Gasteiger partial charge < -0.3 is 9.84 Å². The summed E-state index contributed by atoms with van der Waals surface area (Å²) in [5, 5.41) is 9.39. The standard InChI is InChI=1S/C11H20O2/c12-7-11(9-3-1-2-4-9)10-5-6-13-8-10/h9-12H,1-8H2. The average Bonchev–Trinajstić information content (AvgIpc) is 2.76. The SMILES string of the molecule is OCC(C1CCCC1)C1CCOC1. The first-order chi connectivity index (χ1) is 6.42. The Balaban J connectivity index is 1.90. The van der Waals surface area contributed by atoms with E-state index < -0.39 is 0 Å². The van der Waals surface area contributed by atoms with E-state index in [2.05, 4.69) is 0 Å². The van der Waals surface area contributed by atoms with Crippen molar-refractivity contribution in [2.75, 3.05) is 19.8 Å². The first-order valence-electron chi connectivity index (χ1n) is 5.60. The Bertz CT molecular complexity index is 130. The molecule has 2 unspecified atom stereocenters. The van der Waals surface area contributed by atoms with Crippen LogP contribution in [-0.4, -0.2) is 24.9 Å². The molecule has 2 fully saturated rings. The lowest BCUT2D eigenvalue weighted by atomic mass is 9.81. The van der Waals surface area contributed by atoms with E-state index in [0.29, 0.717) is 18.4 Å². The van der Waals surface area contributed by atoms with Gasteiger partial charge in [0, 0.05) is 19.8 Å². The Morgan fingerprint density at radius 1 is 1.15 bits per heavy atom. The first kappa shape index (κ1) is 9.47. The van der Waals surface area contributed by atoms with Crippen molar-refractivity contribution in [3.63, 3.8) is 0 Å². The van der Waals surface area contributed by atoms with Crippen LogP contribution in [0.4, 0.5) is 0 Å². The smallest absolute Gasteiger partial charge is 0.0498 e. The Hall–Kier alpha value is -0.0800. The molecule has 0 aromatic carbocycles. The molecular weight excluding hydrogens is 164 g/mol. The van der Waals surface area contributed by atoms with Crippen LogP contribution >= 0.6 is 0 Å². The highest BCUT2D eigenvalue weighted by atomic mass is 16.5. The van der Waals surface area contributed by atoms with Gasteiger partial charge in [-0.25, -0.2) is 0 Å². The van der Waals surface area contributed by atoms with Gasteiger partial charge >= 0.3 is 0 Å². The van der Waals surface area contributed by atoms with Crippen LogP contribution in [0, 0.1) is 17.8 Å². The molecule has 1 heterocycles. The van der Waals surface area contributed by atoms with Crippen molar-refractivity contribution >= 4 is 0 Å². The number of rotatable bonds is 3. The molecule has 2 atom stereocenters. The summed E-state index contributed by atoms with van der Waals surface area (Å²) in [5.41, 5.74) is 0. The summed E-state index contributed by atoms with van der Waals surface area (Å²) in [6.45, 7) is 2.17. The van der Waals surface area contributed by atoms with Crippen LogP contribution in [0.25, 0.3) is 0 Å². The number of ether oxygens (including phenoxy) is 1. The molecule has 1 N–H and O–H groups in total. The highest BCUT2D eigenvalue weighted by molar-refractivity contribution is 4.82. The van der Waals surface area contributed by atoms with Gasteiger partial charge in [0.2, 0.25) is 0 Å². The van der Waals surface area contributed by atoms with Gasteiger partial charge in [0.05, 0.1) is 0 Å². The molecule has 0 radical (unpaired) electrons. The van der Waals surface area contributed by atoms with Crippen LogP contribution in [0.1, 0.15) is 32.1 Å². The van der Waals surface area contributed by atoms with Crippen LogP contribution in [0.3, 0.4) is 0 Å². The molecule has 1 aliphatic carbocycles. The molecular formula is C11H20O2. The molecule has 13 heavy (non-hydrogen) atoms. The molecule has 1 saturated heterocycles. The van der Waals surface area contributed by atoms with Crippen molar-refractivity contribution in [2.45, 2.75) is 32.1 Å². The van der Waals surface area contributed by atoms with Crippen molar-refractivity contribution in [3.05, 3.63) is 0 Å². The van der Waals surface area contributed by atoms with Gasteiger partial charge in [0.15, 0.2) is 0 Å². The highest BCUT2D eigenvalue weighted by Crippen LogP contribution is 2.37. The number of aliphatic hydroxyl groups excluding tert-OH is 1. The fourth-order valence-electron chi connectivity index (χ4n) is 2.96. The maximum absolute atomic E-state index is 9.39. The third-order valence-electron chi connectivity index (χ3n) is 3.79. The molecule has 1 saturated carbocycles. The summed E-state index contributed by atoms with van der Waals surface area (Å²) in [6, 6.07) is 0. The Kier molecular flexibility index (Phi) is 3.23. The Labute approximate surface area is 80.3 Å². The molecule has 1 aliphatic heterocycles. The van der Waals surface area contributed by atoms with E-state index in [9.17, 15) is 5.11 Å². The first-order valence-corrected chi connectivity index (χ1v) is 5.60. The molecule has 76 valence electrons. The van der Waals surface area contributed by atoms with E-state index in [-0.39, 0.29) is 0 Å². The van der Waals surface area contributed by atoms with Gasteiger partial charge in [0.1, 0.15) is 0 Å². The van der Waals surface area contributed by atoms with Crippen LogP contribution in [0.2, 0.25) is 0 Å². The average molecular weight is 184 g/mol. The van der Waals surface area contributed by atoms with Crippen LogP contribution in [-0.2, 0) is 4.74 Å². The molecule has 2 heteroatoms. The topological polar surface area (TPSA) is 29.5 Å². The third-order valence-corrected chi connectivity index (χ3v) is 3.79. The van der Waals surface area contributed by atoms with Crippen LogP contribution in [0.15, 0.2) is 0 Å². The second kappa shape index (κ2) is 4.43. The Morgan fingerprint density at radius 3 is 2.46 bits per heavy atom. The summed E-state index contributed by atoms with van der Waals surface area (Å²) in [6.07, 6.45) is 6.58. The molecule has 0 aromatic heterocycles. The molecule has 2 nitrogen and oxygen atoms in total. The lowest BCUT2D eigenvalue weighted by Gasteiger charge is -2.26. The van der Waals surface area contributed by atoms with E-state index in [1.807, 2.05) is 0 Å². The molecule has 0 amide bonds. The van der Waals surface area contributed by atoms with E-state index in [4.69, 9.17) is 4.74 Å². The molecule has 0 spiro atoms. The van der Waals surface area contributed by atoms with Crippen molar-refractivity contribution in [1.29, 1.82) is 0 Å². The Morgan fingerprint density at radius 2 is 1.92 bits per heavy atom. The highest BCUT2D eigenvalue weighted by Gasteiger charge is 2.32. The van der Waals surface area contributed by atoms with E-state index >= 15 is 0 Å². The fourth-order valence-corrected chi connectivity index (χ4v) is 2.96. The second-order valence-corrected chi connectivity index (χ2v) is 4.51. The van der Waals surface area contributed by atoms with Crippen molar-refractivity contribution in [2.24, 2.45) is 17.8 Å². The predicted octanol–water partition coefficient (Wildman–Crippen LogP) is 1.82. The van der Waals surface area contributed by atoms with E-state index in [1.165, 1.54) is 32.1 Å². The molecule has 0 aromatic rings. The molecule has 0 bridgehead atoms. The van der Waals surface area contributed by atoms with Gasteiger partial charge in [-0.05, 0) is 24.2 Å². The van der Waals surface area contributed by atoms with Crippen molar-refractivity contribution in [3.8, 4) is 0 Å². The fraction of sp³-hybridized carbons (Fsp3) is 1.00. The summed E-state index contributed by atoms with van der Waals surface area (Å²) >= 11 is 0. The summed E-state index contributed by atoms with van der Waals surface area (Å²) in [5.74, 6) is 1.97. The van der Waals surface area contributed by atoms with Crippen LogP contribution in [0.5, 0.6) is 0 Å². The van der Waals surface area contributed by atoms with Gasteiger partial charge in [-0.1, -0.05) is 25.7 Å². The van der Waals surface area contributed by atoms with Gasteiger partial charge in [-0.3, -0.25) is 0 Å². The zero-order valence-corrected chi connectivity index (χ0v) is 8.24. The zero-order chi connectivity index (χ0) is 9.10. The molecule has 2 aliphatic rings. The minimum Gasteiger partial charge on any atom is -0.396 e. The number of hydrogen-bond donors (Lipinski definition) is 1. The third kappa shape index (κ3) is 2.05. The quantitative estimate of drug-likeness (QED) is 0.725. The lowest BCUT2D eigenvalue weighted by Crippen LogP contribution is -2.25. The summed E-state index contributed by atoms with van der Waals surface area (Å²) < 4.78 is 5.39. The van der Waals surface area contributed by atoms with Gasteiger partial charge in [-0.2, -0.15) is 0 Å². The minimum atomic E-state index is 0.374. The van der Waals surface area contributed by atoms with Crippen molar-refractivity contribution < 1.29 is 9.84 Å². The van der Waals surface area contributed by atoms with Crippen molar-refractivity contribution in [1.82, 2.24) is 0 Å². The largest absolute Gasteiger partial charge is 0.396 e. The summed E-state index contributed by atoms with van der Waals surface area (Å²) in [7, 11) is 0. The van der Waals surface area contributed by atoms with E-state index in [0.717, 1.165) is 19.1 Å². The molecule has 2 rings (SSSR count). The maximum Gasteiger partial charge on any atom is 0.0498 e. The normalized spacial score (nSPS) is 32.5. The lowest BCUT2D eigenvalue weighted by molar-refractivity contribution is 0.104. The minimum absolute atomic E-state index is 0.374. The number of aliphatic hydroxyl groups is 1. The zero-order valence-electron chi connectivity index (χ0n) is 8.24. The van der Waals surface area contributed by atoms with Gasteiger partial charge in [-0.15, -0.1) is 0 Å².